The van der Waals surface area contributed by atoms with Crippen LogP contribution in [0.1, 0.15) is 38.4 Å². The Morgan fingerprint density at radius 2 is 1.88 bits per heavy atom. The molecule has 1 aromatic heterocycles. The maximum atomic E-state index is 13.9. The average molecular weight is 456 g/mol. The third-order valence-corrected chi connectivity index (χ3v) is 5.68. The van der Waals surface area contributed by atoms with Crippen LogP contribution in [-0.2, 0) is 11.3 Å². The Kier molecular flexibility index (Phi) is 9.00. The standard InChI is InChI=1S/C26H34FN3O3/c1-5-19(3)29(16-23(31)18-32-6-2)17-25-20(4)28-30(22-12-8-7-9-13-22)26(25)33-24-14-10-11-21(27)15-24/h7-15,19,23,31H,5-6,16-18H2,1-4H3/t19-,23-/m1/s1. The SMILES string of the molecule is CCOC[C@H](O)CN(Cc1c(C)nn(-c2ccccc2)c1Oc1cccc(F)c1)[C@H](C)CC. The molecule has 3 rings (SSSR count). The molecule has 6 nitrogen and oxygen atoms in total. The van der Waals surface area contributed by atoms with Crippen molar-refractivity contribution in [1.29, 1.82) is 0 Å². The van der Waals surface area contributed by atoms with Crippen molar-refractivity contribution in [3.05, 3.63) is 71.7 Å². The first-order valence-corrected chi connectivity index (χ1v) is 11.5. The second kappa shape index (κ2) is 11.9. The highest BCUT2D eigenvalue weighted by molar-refractivity contribution is 5.43. The Hall–Kier alpha value is -2.74. The molecule has 0 bridgehead atoms. The van der Waals surface area contributed by atoms with Crippen LogP contribution in [0.4, 0.5) is 4.39 Å². The number of nitrogens with zero attached hydrogens (tertiary/aromatic N) is 3. The lowest BCUT2D eigenvalue weighted by Gasteiger charge is -2.30. The lowest BCUT2D eigenvalue weighted by Crippen LogP contribution is -2.40. The molecule has 1 N–H and O–H groups in total. The van der Waals surface area contributed by atoms with Gasteiger partial charge >= 0.3 is 0 Å². The minimum atomic E-state index is -0.601. The first-order valence-electron chi connectivity index (χ1n) is 11.5. The van der Waals surface area contributed by atoms with Gasteiger partial charge in [0, 0.05) is 31.8 Å². The van der Waals surface area contributed by atoms with E-state index in [4.69, 9.17) is 14.6 Å². The summed E-state index contributed by atoms with van der Waals surface area (Å²) in [6, 6.07) is 16.0. The molecule has 1 heterocycles. The summed E-state index contributed by atoms with van der Waals surface area (Å²) in [7, 11) is 0. The van der Waals surface area contributed by atoms with Crippen LogP contribution in [0, 0.1) is 12.7 Å². The summed E-state index contributed by atoms with van der Waals surface area (Å²) in [4.78, 5) is 2.21. The van der Waals surface area contributed by atoms with E-state index in [0.29, 0.717) is 37.9 Å². The van der Waals surface area contributed by atoms with Gasteiger partial charge in [-0.05, 0) is 51.5 Å². The molecule has 0 aliphatic heterocycles. The van der Waals surface area contributed by atoms with Crippen LogP contribution < -0.4 is 4.74 Å². The molecular weight excluding hydrogens is 421 g/mol. The van der Waals surface area contributed by atoms with Crippen molar-refractivity contribution in [2.45, 2.75) is 52.8 Å². The molecule has 0 fully saturated rings. The Morgan fingerprint density at radius 1 is 1.12 bits per heavy atom. The molecule has 0 aliphatic rings. The predicted molar refractivity (Wildman–Crippen MR) is 127 cm³/mol. The quantitative estimate of drug-likeness (QED) is 0.411. The average Bonchev–Trinajstić information content (AvgIpc) is 3.12. The molecule has 7 heteroatoms. The number of hydrogen-bond donors (Lipinski definition) is 1. The summed E-state index contributed by atoms with van der Waals surface area (Å²) in [6.07, 6.45) is 0.323. The number of aliphatic hydroxyl groups excluding tert-OH is 1. The predicted octanol–water partition coefficient (Wildman–Crippen LogP) is 5.11. The van der Waals surface area contributed by atoms with Crippen LogP contribution in [-0.4, -0.2) is 51.7 Å². The molecule has 2 atom stereocenters. The van der Waals surface area contributed by atoms with Crippen LogP contribution >= 0.6 is 0 Å². The minimum Gasteiger partial charge on any atom is -0.438 e. The molecule has 3 aromatic rings. The normalized spacial score (nSPS) is 13.3. The third kappa shape index (κ3) is 6.63. The van der Waals surface area contributed by atoms with Crippen molar-refractivity contribution in [3.8, 4) is 17.3 Å². The van der Waals surface area contributed by atoms with Gasteiger partial charge in [0.2, 0.25) is 5.88 Å². The monoisotopic (exact) mass is 455 g/mol. The lowest BCUT2D eigenvalue weighted by molar-refractivity contribution is 0.0111. The Labute approximate surface area is 195 Å². The molecule has 0 aliphatic carbocycles. The maximum absolute atomic E-state index is 13.9. The van der Waals surface area contributed by atoms with Crippen LogP contribution in [0.15, 0.2) is 54.6 Å². The van der Waals surface area contributed by atoms with Gasteiger partial charge in [-0.25, -0.2) is 9.07 Å². The lowest BCUT2D eigenvalue weighted by atomic mass is 10.1. The molecule has 0 saturated heterocycles. The summed E-state index contributed by atoms with van der Waals surface area (Å²) >= 11 is 0. The van der Waals surface area contributed by atoms with Gasteiger partial charge in [-0.1, -0.05) is 31.2 Å². The Bertz CT molecular complexity index is 1010. The van der Waals surface area contributed by atoms with Crippen molar-refractivity contribution in [1.82, 2.24) is 14.7 Å². The van der Waals surface area contributed by atoms with Crippen molar-refractivity contribution >= 4 is 0 Å². The first-order chi connectivity index (χ1) is 15.9. The highest BCUT2D eigenvalue weighted by Crippen LogP contribution is 2.32. The molecule has 0 spiro atoms. The van der Waals surface area contributed by atoms with E-state index in [0.717, 1.165) is 23.4 Å². The summed E-state index contributed by atoms with van der Waals surface area (Å²) < 4.78 is 27.2. The first kappa shape index (κ1) is 24.9. The highest BCUT2D eigenvalue weighted by Gasteiger charge is 2.24. The molecular formula is C26H34FN3O3. The van der Waals surface area contributed by atoms with Gasteiger partial charge in [0.05, 0.1) is 29.7 Å². The summed E-state index contributed by atoms with van der Waals surface area (Å²) in [5.41, 5.74) is 2.56. The van der Waals surface area contributed by atoms with Crippen molar-refractivity contribution in [3.63, 3.8) is 0 Å². The molecule has 0 unspecified atom stereocenters. The van der Waals surface area contributed by atoms with E-state index in [2.05, 4.69) is 18.7 Å². The van der Waals surface area contributed by atoms with Crippen LogP contribution in [0.2, 0.25) is 0 Å². The van der Waals surface area contributed by atoms with Gasteiger partial charge < -0.3 is 14.6 Å². The summed E-state index contributed by atoms with van der Waals surface area (Å²) in [5, 5.41) is 15.3. The molecule has 0 radical (unpaired) electrons. The fraction of sp³-hybridized carbons (Fsp3) is 0.423. The van der Waals surface area contributed by atoms with E-state index >= 15 is 0 Å². The van der Waals surface area contributed by atoms with Gasteiger partial charge in [-0.15, -0.1) is 0 Å². The molecule has 33 heavy (non-hydrogen) atoms. The molecule has 178 valence electrons. The highest BCUT2D eigenvalue weighted by atomic mass is 19.1. The van der Waals surface area contributed by atoms with E-state index in [1.165, 1.54) is 12.1 Å². The number of aliphatic hydroxyl groups is 1. The van der Waals surface area contributed by atoms with E-state index in [9.17, 15) is 9.50 Å². The fourth-order valence-corrected chi connectivity index (χ4v) is 3.65. The molecule has 0 saturated carbocycles. The zero-order chi connectivity index (χ0) is 23.8. The summed E-state index contributed by atoms with van der Waals surface area (Å²) in [5.74, 6) is 0.577. The van der Waals surface area contributed by atoms with Gasteiger partial charge in [0.15, 0.2) is 0 Å². The largest absolute Gasteiger partial charge is 0.438 e. The van der Waals surface area contributed by atoms with Crippen LogP contribution in [0.25, 0.3) is 5.69 Å². The van der Waals surface area contributed by atoms with Gasteiger partial charge in [-0.2, -0.15) is 5.10 Å². The Morgan fingerprint density at radius 3 is 2.55 bits per heavy atom. The Balaban J connectivity index is 1.99. The number of aromatic nitrogens is 2. The number of aryl methyl sites for hydroxylation is 1. The zero-order valence-electron chi connectivity index (χ0n) is 19.9. The second-order valence-electron chi connectivity index (χ2n) is 8.18. The topological polar surface area (TPSA) is 59.8 Å². The van der Waals surface area contributed by atoms with Gasteiger partial charge in [-0.3, -0.25) is 4.90 Å². The van der Waals surface area contributed by atoms with Crippen molar-refractivity contribution in [2.24, 2.45) is 0 Å². The van der Waals surface area contributed by atoms with E-state index < -0.39 is 6.10 Å². The van der Waals surface area contributed by atoms with Crippen LogP contribution in [0.5, 0.6) is 11.6 Å². The van der Waals surface area contributed by atoms with Crippen molar-refractivity contribution < 1.29 is 19.0 Å². The van der Waals surface area contributed by atoms with Gasteiger partial charge in [0.1, 0.15) is 11.6 Å². The van der Waals surface area contributed by atoms with Crippen LogP contribution in [0.3, 0.4) is 0 Å². The number of rotatable bonds is 12. The number of hydrogen-bond acceptors (Lipinski definition) is 5. The molecule has 0 amide bonds. The second-order valence-corrected chi connectivity index (χ2v) is 8.18. The van der Waals surface area contributed by atoms with E-state index in [-0.39, 0.29) is 11.9 Å². The molecule has 2 aromatic carbocycles. The third-order valence-electron chi connectivity index (χ3n) is 5.68. The number of para-hydroxylation sites is 1. The van der Waals surface area contributed by atoms with E-state index in [1.807, 2.05) is 44.2 Å². The number of ether oxygens (including phenoxy) is 2. The zero-order valence-corrected chi connectivity index (χ0v) is 19.9. The smallest absolute Gasteiger partial charge is 0.227 e. The number of benzene rings is 2. The van der Waals surface area contributed by atoms with Gasteiger partial charge in [0.25, 0.3) is 0 Å². The fourth-order valence-electron chi connectivity index (χ4n) is 3.65. The number of halogens is 1. The van der Waals surface area contributed by atoms with E-state index in [1.54, 1.807) is 16.8 Å². The maximum Gasteiger partial charge on any atom is 0.227 e. The summed E-state index contributed by atoms with van der Waals surface area (Å²) in [6.45, 7) is 9.96. The van der Waals surface area contributed by atoms with Crippen molar-refractivity contribution in [2.75, 3.05) is 19.8 Å². The minimum absolute atomic E-state index is 0.225.